The molecule has 2 aliphatic rings. The van der Waals surface area contributed by atoms with Crippen molar-refractivity contribution >= 4 is 22.9 Å². The van der Waals surface area contributed by atoms with E-state index in [1.807, 2.05) is 4.57 Å². The Morgan fingerprint density at radius 2 is 1.89 bits per heavy atom. The Morgan fingerprint density at radius 3 is 2.62 bits per heavy atom. The largest absolute Gasteiger partial charge is 0.391 e. The molecule has 9 nitrogen and oxygen atoms in total. The van der Waals surface area contributed by atoms with Crippen LogP contribution < -0.4 is 10.2 Å². The first-order valence-electron chi connectivity index (χ1n) is 12.7. The van der Waals surface area contributed by atoms with Gasteiger partial charge in [-0.1, -0.05) is 12.1 Å². The highest BCUT2D eigenvalue weighted by molar-refractivity contribution is 5.94. The topological polar surface area (TPSA) is 109 Å². The minimum absolute atomic E-state index is 0.00566. The number of fused-ring (bicyclic) bond motifs is 1. The lowest BCUT2D eigenvalue weighted by Crippen LogP contribution is -2.45. The molecule has 2 atom stereocenters. The number of aliphatic hydroxyl groups is 1. The Labute approximate surface area is 213 Å². The van der Waals surface area contributed by atoms with E-state index in [0.29, 0.717) is 16.8 Å². The molecule has 4 aromatic rings. The van der Waals surface area contributed by atoms with Crippen molar-refractivity contribution in [1.82, 2.24) is 29.8 Å². The molecule has 2 N–H and O–H groups in total. The summed E-state index contributed by atoms with van der Waals surface area (Å²) in [5.74, 6) is 0.296. The molecule has 10 heteroatoms. The van der Waals surface area contributed by atoms with Crippen LogP contribution in [0, 0.1) is 5.82 Å². The van der Waals surface area contributed by atoms with Crippen LogP contribution in [0.3, 0.4) is 0 Å². The lowest BCUT2D eigenvalue weighted by molar-refractivity contribution is 0.0930. The number of pyridine rings is 1. The summed E-state index contributed by atoms with van der Waals surface area (Å²) in [5, 5.41) is 13.5. The first-order chi connectivity index (χ1) is 18.1. The Hall–Kier alpha value is -3.92. The molecule has 1 aliphatic carbocycles. The third-order valence-corrected chi connectivity index (χ3v) is 7.42. The molecule has 2 fully saturated rings. The third-order valence-electron chi connectivity index (χ3n) is 7.42. The van der Waals surface area contributed by atoms with Gasteiger partial charge in [0.1, 0.15) is 12.1 Å². The molecule has 2 unspecified atom stereocenters. The number of rotatable bonds is 5. The van der Waals surface area contributed by atoms with Gasteiger partial charge < -0.3 is 19.9 Å². The van der Waals surface area contributed by atoms with Crippen molar-refractivity contribution in [1.29, 1.82) is 0 Å². The molecule has 37 heavy (non-hydrogen) atoms. The van der Waals surface area contributed by atoms with Gasteiger partial charge in [0.2, 0.25) is 0 Å². The third kappa shape index (κ3) is 4.64. The van der Waals surface area contributed by atoms with E-state index in [2.05, 4.69) is 30.2 Å². The number of imidazole rings is 1. The summed E-state index contributed by atoms with van der Waals surface area (Å²) < 4.78 is 15.5. The van der Waals surface area contributed by atoms with Crippen molar-refractivity contribution in [3.8, 4) is 11.3 Å². The molecule has 0 bridgehead atoms. The van der Waals surface area contributed by atoms with Gasteiger partial charge in [0.15, 0.2) is 17.0 Å². The second kappa shape index (κ2) is 9.85. The van der Waals surface area contributed by atoms with Crippen molar-refractivity contribution in [2.24, 2.45) is 0 Å². The molecule has 1 aliphatic heterocycles. The minimum Gasteiger partial charge on any atom is -0.391 e. The summed E-state index contributed by atoms with van der Waals surface area (Å²) in [4.78, 5) is 32.9. The monoisotopic (exact) mass is 501 g/mol. The van der Waals surface area contributed by atoms with Crippen molar-refractivity contribution in [2.45, 2.75) is 50.3 Å². The number of hydrogen-bond donors (Lipinski definition) is 2. The summed E-state index contributed by atoms with van der Waals surface area (Å²) in [6, 6.07) is 9.72. The summed E-state index contributed by atoms with van der Waals surface area (Å²) in [6.07, 6.45) is 8.74. The van der Waals surface area contributed by atoms with Crippen LogP contribution in [0.2, 0.25) is 0 Å². The molecule has 190 valence electrons. The zero-order valence-electron chi connectivity index (χ0n) is 20.3. The lowest BCUT2D eigenvalue weighted by atomic mass is 10.0. The molecule has 1 amide bonds. The highest BCUT2D eigenvalue weighted by atomic mass is 19.1. The molecule has 1 saturated carbocycles. The Morgan fingerprint density at radius 1 is 1.03 bits per heavy atom. The maximum absolute atomic E-state index is 13.5. The number of aromatic nitrogens is 5. The van der Waals surface area contributed by atoms with E-state index in [1.165, 1.54) is 18.3 Å². The highest BCUT2D eigenvalue weighted by Crippen LogP contribution is 2.33. The maximum Gasteiger partial charge on any atom is 0.253 e. The van der Waals surface area contributed by atoms with E-state index < -0.39 is 0 Å². The normalized spacial score (nSPS) is 20.4. The van der Waals surface area contributed by atoms with Gasteiger partial charge in [-0.15, -0.1) is 0 Å². The van der Waals surface area contributed by atoms with Gasteiger partial charge in [-0.3, -0.25) is 9.78 Å². The summed E-state index contributed by atoms with van der Waals surface area (Å²) in [5.41, 5.74) is 3.25. The van der Waals surface area contributed by atoms with E-state index in [4.69, 9.17) is 0 Å². The fraction of sp³-hybridized carbons (Fsp3) is 0.370. The van der Waals surface area contributed by atoms with Crippen LogP contribution in [0.5, 0.6) is 0 Å². The van der Waals surface area contributed by atoms with Gasteiger partial charge in [0.25, 0.3) is 5.91 Å². The fourth-order valence-electron chi connectivity index (χ4n) is 5.41. The molecule has 4 heterocycles. The van der Waals surface area contributed by atoms with Gasteiger partial charge in [0, 0.05) is 30.9 Å². The van der Waals surface area contributed by atoms with Crippen LogP contribution in [-0.2, 0) is 0 Å². The van der Waals surface area contributed by atoms with E-state index in [1.54, 1.807) is 36.9 Å². The number of nitrogens with one attached hydrogen (secondary N) is 1. The molecule has 0 radical (unpaired) electrons. The number of benzene rings is 1. The lowest BCUT2D eigenvalue weighted by Gasteiger charge is -2.33. The van der Waals surface area contributed by atoms with Crippen LogP contribution in [0.4, 0.5) is 10.2 Å². The average molecular weight is 502 g/mol. The molecule has 6 rings (SSSR count). The van der Waals surface area contributed by atoms with Crippen LogP contribution in [0.1, 0.15) is 48.5 Å². The SMILES string of the molecule is O=C(NC1CCN(c2ncnc3c2ncn3C2CCCC2O)CC1)c1ccc(-c2cccc(F)c2)nc1. The van der Waals surface area contributed by atoms with E-state index >= 15 is 0 Å². The van der Waals surface area contributed by atoms with Gasteiger partial charge in [0.05, 0.1) is 29.7 Å². The summed E-state index contributed by atoms with van der Waals surface area (Å²) in [7, 11) is 0. The number of carbonyl (C=O) groups excluding carboxylic acids is 1. The van der Waals surface area contributed by atoms with Crippen molar-refractivity contribution in [3.05, 3.63) is 66.6 Å². The number of halogens is 1. The Balaban J connectivity index is 1.09. The quantitative estimate of drug-likeness (QED) is 0.431. The first-order valence-corrected chi connectivity index (χ1v) is 12.7. The van der Waals surface area contributed by atoms with E-state index in [-0.39, 0.29) is 29.9 Å². The maximum atomic E-state index is 13.5. The van der Waals surface area contributed by atoms with Gasteiger partial charge in [-0.2, -0.15) is 0 Å². The Kier molecular flexibility index (Phi) is 6.25. The van der Waals surface area contributed by atoms with Gasteiger partial charge >= 0.3 is 0 Å². The number of piperidine rings is 1. The van der Waals surface area contributed by atoms with Crippen molar-refractivity contribution in [3.63, 3.8) is 0 Å². The minimum atomic E-state index is -0.372. The molecule has 1 aromatic carbocycles. The van der Waals surface area contributed by atoms with Crippen LogP contribution in [-0.4, -0.2) is 60.8 Å². The number of carbonyl (C=O) groups is 1. The zero-order valence-corrected chi connectivity index (χ0v) is 20.3. The molecule has 1 saturated heterocycles. The smallest absolute Gasteiger partial charge is 0.253 e. The van der Waals surface area contributed by atoms with Gasteiger partial charge in [-0.25, -0.2) is 19.3 Å². The summed E-state index contributed by atoms with van der Waals surface area (Å²) >= 11 is 0. The average Bonchev–Trinajstić information content (AvgIpc) is 3.55. The van der Waals surface area contributed by atoms with Crippen LogP contribution >= 0.6 is 0 Å². The van der Waals surface area contributed by atoms with Crippen LogP contribution in [0.15, 0.2) is 55.2 Å². The van der Waals surface area contributed by atoms with Crippen molar-refractivity contribution < 1.29 is 14.3 Å². The molecule has 0 spiro atoms. The van der Waals surface area contributed by atoms with Crippen LogP contribution in [0.25, 0.3) is 22.4 Å². The fourth-order valence-corrected chi connectivity index (χ4v) is 5.41. The van der Waals surface area contributed by atoms with E-state index in [0.717, 1.165) is 62.2 Å². The predicted octanol–water partition coefficient (Wildman–Crippen LogP) is 3.51. The summed E-state index contributed by atoms with van der Waals surface area (Å²) in [6.45, 7) is 1.46. The number of aliphatic hydroxyl groups excluding tert-OH is 1. The van der Waals surface area contributed by atoms with E-state index in [9.17, 15) is 14.3 Å². The number of amides is 1. The Bertz CT molecular complexity index is 1420. The highest BCUT2D eigenvalue weighted by Gasteiger charge is 2.30. The molecular formula is C27H28FN7O2. The number of nitrogens with zero attached hydrogens (tertiary/aromatic N) is 6. The zero-order chi connectivity index (χ0) is 25.4. The first kappa shape index (κ1) is 23.5. The van der Waals surface area contributed by atoms with Gasteiger partial charge in [-0.05, 0) is 56.4 Å². The predicted molar refractivity (Wildman–Crippen MR) is 137 cm³/mol. The standard InChI is InChI=1S/C27H28FN7O2/c28-19-4-1-3-17(13-19)21-8-7-18(14-29-21)27(37)33-20-9-11-34(12-10-20)25-24-26(31-15-30-25)35(16-32-24)22-5-2-6-23(22)36/h1,3-4,7-8,13-16,20,22-23,36H,2,5-6,9-12H2,(H,33,37). The number of anilines is 1. The van der Waals surface area contributed by atoms with Crippen molar-refractivity contribution in [2.75, 3.05) is 18.0 Å². The number of hydrogen-bond acceptors (Lipinski definition) is 7. The second-order valence-corrected chi connectivity index (χ2v) is 9.76. The molecular weight excluding hydrogens is 473 g/mol. The molecule has 3 aromatic heterocycles. The second-order valence-electron chi connectivity index (χ2n) is 9.76.